The zero-order valence-corrected chi connectivity index (χ0v) is 15.5. The molecule has 0 unspecified atom stereocenters. The van der Waals surface area contributed by atoms with E-state index in [9.17, 15) is 18.4 Å². The van der Waals surface area contributed by atoms with Crippen LogP contribution in [0.15, 0.2) is 64.1 Å². The smallest absolute Gasteiger partial charge is 0.263 e. The molecule has 27 heavy (non-hydrogen) atoms. The number of hydrogen-bond donors (Lipinski definition) is 1. The molecular formula is C19H14BrF2N3O2. The van der Waals surface area contributed by atoms with E-state index in [0.29, 0.717) is 15.9 Å². The van der Waals surface area contributed by atoms with Gasteiger partial charge >= 0.3 is 0 Å². The SMILES string of the molecule is O=C(NCc1cccc(Br)n1)c1cccn(Cc2ccc(F)c(F)c2)c1=O. The molecule has 2 heterocycles. The molecule has 3 rings (SSSR count). The van der Waals surface area contributed by atoms with Gasteiger partial charge in [-0.05, 0) is 57.9 Å². The summed E-state index contributed by atoms with van der Waals surface area (Å²) in [5, 5.41) is 2.65. The van der Waals surface area contributed by atoms with Gasteiger partial charge in [0.05, 0.1) is 18.8 Å². The van der Waals surface area contributed by atoms with E-state index in [2.05, 4.69) is 26.2 Å². The fraction of sp³-hybridized carbons (Fsp3) is 0.105. The Kier molecular flexibility index (Phi) is 5.75. The van der Waals surface area contributed by atoms with Gasteiger partial charge in [-0.25, -0.2) is 13.8 Å². The number of hydrogen-bond acceptors (Lipinski definition) is 3. The Hall–Kier alpha value is -2.87. The lowest BCUT2D eigenvalue weighted by atomic mass is 10.2. The summed E-state index contributed by atoms with van der Waals surface area (Å²) in [6.07, 6.45) is 1.48. The number of nitrogens with one attached hydrogen (secondary N) is 1. The number of nitrogens with zero attached hydrogens (tertiary/aromatic N) is 2. The van der Waals surface area contributed by atoms with E-state index in [-0.39, 0.29) is 18.7 Å². The van der Waals surface area contributed by atoms with Crippen molar-refractivity contribution in [2.24, 2.45) is 0 Å². The quantitative estimate of drug-likeness (QED) is 0.628. The van der Waals surface area contributed by atoms with Crippen LogP contribution in [-0.4, -0.2) is 15.5 Å². The molecule has 0 radical (unpaired) electrons. The minimum atomic E-state index is -0.990. The molecule has 0 atom stereocenters. The summed E-state index contributed by atoms with van der Waals surface area (Å²) in [7, 11) is 0. The standard InChI is InChI=1S/C19H14BrF2N3O2/c20-17-5-1-3-13(24-17)10-23-18(26)14-4-2-8-25(19(14)27)11-12-6-7-15(21)16(22)9-12/h1-9H,10-11H2,(H,23,26). The molecule has 2 aromatic heterocycles. The highest BCUT2D eigenvalue weighted by Crippen LogP contribution is 2.10. The Labute approximate surface area is 161 Å². The van der Waals surface area contributed by atoms with Gasteiger partial charge in [0, 0.05) is 6.20 Å². The molecule has 0 aliphatic rings. The van der Waals surface area contributed by atoms with Gasteiger partial charge in [0.25, 0.3) is 11.5 Å². The lowest BCUT2D eigenvalue weighted by Crippen LogP contribution is -2.32. The van der Waals surface area contributed by atoms with Crippen LogP contribution in [0.5, 0.6) is 0 Å². The molecule has 5 nitrogen and oxygen atoms in total. The lowest BCUT2D eigenvalue weighted by Gasteiger charge is -2.09. The van der Waals surface area contributed by atoms with Gasteiger partial charge in [-0.3, -0.25) is 9.59 Å². The van der Waals surface area contributed by atoms with E-state index < -0.39 is 23.1 Å². The van der Waals surface area contributed by atoms with Crippen molar-refractivity contribution in [3.8, 4) is 0 Å². The summed E-state index contributed by atoms with van der Waals surface area (Å²) < 4.78 is 28.3. The van der Waals surface area contributed by atoms with Crippen molar-refractivity contribution in [2.75, 3.05) is 0 Å². The third-order valence-electron chi connectivity index (χ3n) is 3.80. The summed E-state index contributed by atoms with van der Waals surface area (Å²) in [6.45, 7) is 0.181. The minimum absolute atomic E-state index is 0.0182. The number of carbonyl (C=O) groups excluding carboxylic acids is 1. The van der Waals surface area contributed by atoms with Crippen molar-refractivity contribution in [2.45, 2.75) is 13.1 Å². The first-order valence-corrected chi connectivity index (χ1v) is 8.76. The molecule has 0 spiro atoms. The third-order valence-corrected chi connectivity index (χ3v) is 4.25. The highest BCUT2D eigenvalue weighted by molar-refractivity contribution is 9.10. The molecule has 0 saturated carbocycles. The van der Waals surface area contributed by atoms with Crippen LogP contribution in [0.25, 0.3) is 0 Å². The van der Waals surface area contributed by atoms with E-state index in [4.69, 9.17) is 0 Å². The maximum absolute atomic E-state index is 13.3. The second kappa shape index (κ2) is 8.22. The monoisotopic (exact) mass is 433 g/mol. The van der Waals surface area contributed by atoms with Crippen LogP contribution >= 0.6 is 15.9 Å². The average Bonchev–Trinajstić information content (AvgIpc) is 2.64. The molecule has 3 aromatic rings. The molecule has 0 fully saturated rings. The second-order valence-corrected chi connectivity index (χ2v) is 6.55. The zero-order valence-electron chi connectivity index (χ0n) is 14.0. The number of carbonyl (C=O) groups is 1. The molecular weight excluding hydrogens is 420 g/mol. The summed E-state index contributed by atoms with van der Waals surface area (Å²) >= 11 is 3.25. The highest BCUT2D eigenvalue weighted by atomic mass is 79.9. The number of aromatic nitrogens is 2. The topological polar surface area (TPSA) is 64.0 Å². The third kappa shape index (κ3) is 4.65. The maximum atomic E-state index is 13.3. The van der Waals surface area contributed by atoms with Gasteiger partial charge in [0.15, 0.2) is 11.6 Å². The van der Waals surface area contributed by atoms with E-state index in [1.165, 1.54) is 22.9 Å². The van der Waals surface area contributed by atoms with Crippen molar-refractivity contribution in [3.63, 3.8) is 0 Å². The van der Waals surface area contributed by atoms with Crippen LogP contribution in [0.2, 0.25) is 0 Å². The number of halogens is 3. The van der Waals surface area contributed by atoms with E-state index >= 15 is 0 Å². The first-order chi connectivity index (χ1) is 12.9. The largest absolute Gasteiger partial charge is 0.346 e. The predicted octanol–water partition coefficient (Wildman–Crippen LogP) is 3.26. The van der Waals surface area contributed by atoms with Crippen molar-refractivity contribution >= 4 is 21.8 Å². The lowest BCUT2D eigenvalue weighted by molar-refractivity contribution is 0.0948. The van der Waals surface area contributed by atoms with Crippen LogP contribution in [0.1, 0.15) is 21.6 Å². The molecule has 1 N–H and O–H groups in total. The van der Waals surface area contributed by atoms with Crippen molar-refractivity contribution in [1.29, 1.82) is 0 Å². The van der Waals surface area contributed by atoms with Crippen LogP contribution in [-0.2, 0) is 13.1 Å². The molecule has 138 valence electrons. The first-order valence-electron chi connectivity index (χ1n) is 7.97. The minimum Gasteiger partial charge on any atom is -0.346 e. The number of rotatable bonds is 5. The van der Waals surface area contributed by atoms with E-state index in [0.717, 1.165) is 12.1 Å². The fourth-order valence-corrected chi connectivity index (χ4v) is 2.86. The normalized spacial score (nSPS) is 10.6. The van der Waals surface area contributed by atoms with Gasteiger partial charge in [0.2, 0.25) is 0 Å². The van der Waals surface area contributed by atoms with Crippen molar-refractivity contribution in [3.05, 3.63) is 98.1 Å². The van der Waals surface area contributed by atoms with E-state index in [1.807, 2.05) is 0 Å². The maximum Gasteiger partial charge on any atom is 0.263 e. The van der Waals surface area contributed by atoms with Crippen molar-refractivity contribution < 1.29 is 13.6 Å². The number of amides is 1. The van der Waals surface area contributed by atoms with Crippen molar-refractivity contribution in [1.82, 2.24) is 14.9 Å². The van der Waals surface area contributed by atoms with E-state index in [1.54, 1.807) is 24.3 Å². The molecule has 0 saturated heterocycles. The van der Waals surface area contributed by atoms with Crippen LogP contribution in [0.3, 0.4) is 0 Å². The fourth-order valence-electron chi connectivity index (χ4n) is 2.48. The Morgan fingerprint density at radius 1 is 1.11 bits per heavy atom. The van der Waals surface area contributed by atoms with Crippen LogP contribution in [0, 0.1) is 11.6 Å². The Morgan fingerprint density at radius 2 is 1.93 bits per heavy atom. The number of benzene rings is 1. The molecule has 0 bridgehead atoms. The number of pyridine rings is 2. The van der Waals surface area contributed by atoms with Gasteiger partial charge in [-0.2, -0.15) is 0 Å². The predicted molar refractivity (Wildman–Crippen MR) is 99.3 cm³/mol. The summed E-state index contributed by atoms with van der Waals surface area (Å²) in [5.41, 5.74) is 0.472. The second-order valence-electron chi connectivity index (χ2n) is 5.74. The van der Waals surface area contributed by atoms with Gasteiger partial charge in [0.1, 0.15) is 10.2 Å². The van der Waals surface area contributed by atoms with Gasteiger partial charge < -0.3 is 9.88 Å². The van der Waals surface area contributed by atoms with Crippen LogP contribution in [0.4, 0.5) is 8.78 Å². The molecule has 0 aliphatic heterocycles. The van der Waals surface area contributed by atoms with Gasteiger partial charge in [-0.1, -0.05) is 12.1 Å². The molecule has 1 amide bonds. The average molecular weight is 434 g/mol. The Bertz CT molecular complexity index is 1050. The van der Waals surface area contributed by atoms with Crippen LogP contribution < -0.4 is 10.9 Å². The first kappa shape index (κ1) is 18.9. The Balaban J connectivity index is 1.76. The molecule has 1 aromatic carbocycles. The van der Waals surface area contributed by atoms with Gasteiger partial charge in [-0.15, -0.1) is 0 Å². The Morgan fingerprint density at radius 3 is 2.67 bits per heavy atom. The summed E-state index contributed by atoms with van der Waals surface area (Å²) in [6, 6.07) is 11.7. The summed E-state index contributed by atoms with van der Waals surface area (Å²) in [4.78, 5) is 29.1. The molecule has 0 aliphatic carbocycles. The summed E-state index contributed by atoms with van der Waals surface area (Å²) in [5.74, 6) is -2.49. The highest BCUT2D eigenvalue weighted by Gasteiger charge is 2.13. The zero-order chi connectivity index (χ0) is 19.4. The molecule has 8 heteroatoms.